The minimum absolute atomic E-state index is 0.0526. The lowest BCUT2D eigenvalue weighted by Crippen LogP contribution is -2.43. The lowest BCUT2D eigenvalue weighted by molar-refractivity contribution is -0.133. The summed E-state index contributed by atoms with van der Waals surface area (Å²) in [5.74, 6) is 0.102. The standard InChI is InChI=1S/C9H19N3O2S/c1-6(5-15-4)12(3)9(13)7(2)8(10)11-14/h6-7,14H,5H2,1-4H3,(H2,10,11). The van der Waals surface area contributed by atoms with Crippen LogP contribution in [0, 0.1) is 5.92 Å². The molecule has 5 nitrogen and oxygen atoms in total. The van der Waals surface area contributed by atoms with Gasteiger partial charge in [0.15, 0.2) is 5.84 Å². The number of hydrogen-bond acceptors (Lipinski definition) is 4. The molecule has 0 aliphatic heterocycles. The Labute approximate surface area is 94.7 Å². The Hall–Kier alpha value is -0.910. The number of nitrogens with zero attached hydrogens (tertiary/aromatic N) is 2. The minimum Gasteiger partial charge on any atom is -0.409 e. The van der Waals surface area contributed by atoms with Crippen molar-refractivity contribution < 1.29 is 10.0 Å². The molecule has 1 amide bonds. The van der Waals surface area contributed by atoms with E-state index in [1.165, 1.54) is 0 Å². The maximum absolute atomic E-state index is 11.8. The van der Waals surface area contributed by atoms with Crippen LogP contribution in [-0.2, 0) is 4.79 Å². The summed E-state index contributed by atoms with van der Waals surface area (Å²) in [4.78, 5) is 13.4. The van der Waals surface area contributed by atoms with E-state index in [1.807, 2.05) is 13.2 Å². The van der Waals surface area contributed by atoms with Crippen molar-refractivity contribution in [2.24, 2.45) is 16.8 Å². The second-order valence-electron chi connectivity index (χ2n) is 3.50. The average Bonchev–Trinajstić information content (AvgIpc) is 2.25. The van der Waals surface area contributed by atoms with Crippen molar-refractivity contribution in [2.75, 3.05) is 19.1 Å². The van der Waals surface area contributed by atoms with Crippen LogP contribution in [-0.4, -0.2) is 46.9 Å². The topological polar surface area (TPSA) is 78.9 Å². The van der Waals surface area contributed by atoms with Gasteiger partial charge in [0, 0.05) is 18.8 Å². The fourth-order valence-corrected chi connectivity index (χ4v) is 1.79. The number of amidine groups is 1. The summed E-state index contributed by atoms with van der Waals surface area (Å²) < 4.78 is 0. The van der Waals surface area contributed by atoms with Gasteiger partial charge in [0.05, 0.1) is 5.92 Å². The van der Waals surface area contributed by atoms with Crippen LogP contribution >= 0.6 is 11.8 Å². The lowest BCUT2D eigenvalue weighted by Gasteiger charge is -2.26. The summed E-state index contributed by atoms with van der Waals surface area (Å²) in [6.07, 6.45) is 1.99. The molecule has 0 aliphatic carbocycles. The number of thioether (sulfide) groups is 1. The summed E-state index contributed by atoms with van der Waals surface area (Å²) >= 11 is 1.68. The summed E-state index contributed by atoms with van der Waals surface area (Å²) in [5, 5.41) is 11.3. The first kappa shape index (κ1) is 14.1. The fourth-order valence-electron chi connectivity index (χ4n) is 1.09. The molecule has 0 spiro atoms. The Balaban J connectivity index is 4.43. The highest BCUT2D eigenvalue weighted by Crippen LogP contribution is 2.08. The van der Waals surface area contributed by atoms with E-state index in [-0.39, 0.29) is 17.8 Å². The molecule has 3 N–H and O–H groups in total. The predicted molar refractivity (Wildman–Crippen MR) is 63.2 cm³/mol. The zero-order valence-corrected chi connectivity index (χ0v) is 10.4. The Morgan fingerprint density at radius 1 is 1.60 bits per heavy atom. The largest absolute Gasteiger partial charge is 0.409 e. The van der Waals surface area contributed by atoms with Gasteiger partial charge in [0.2, 0.25) is 5.91 Å². The molecule has 0 heterocycles. The summed E-state index contributed by atoms with van der Waals surface area (Å²) in [7, 11) is 1.73. The molecule has 0 rings (SSSR count). The Kier molecular flexibility index (Phi) is 6.15. The van der Waals surface area contributed by atoms with E-state index in [2.05, 4.69) is 5.16 Å². The fraction of sp³-hybridized carbons (Fsp3) is 0.778. The van der Waals surface area contributed by atoms with E-state index >= 15 is 0 Å². The monoisotopic (exact) mass is 233 g/mol. The van der Waals surface area contributed by atoms with Gasteiger partial charge in [-0.15, -0.1) is 0 Å². The quantitative estimate of drug-likeness (QED) is 0.315. The van der Waals surface area contributed by atoms with Gasteiger partial charge in [-0.2, -0.15) is 11.8 Å². The predicted octanol–water partition coefficient (Wildman–Crippen LogP) is 0.579. The zero-order valence-electron chi connectivity index (χ0n) is 9.60. The third-order valence-corrected chi connectivity index (χ3v) is 3.16. The van der Waals surface area contributed by atoms with Crippen molar-refractivity contribution in [3.05, 3.63) is 0 Å². The van der Waals surface area contributed by atoms with Crippen LogP contribution in [0.5, 0.6) is 0 Å². The minimum atomic E-state index is -0.579. The van der Waals surface area contributed by atoms with Crippen molar-refractivity contribution in [1.29, 1.82) is 0 Å². The summed E-state index contributed by atoms with van der Waals surface area (Å²) in [6.45, 7) is 3.59. The first-order chi connectivity index (χ1) is 6.95. The van der Waals surface area contributed by atoms with E-state index in [9.17, 15) is 4.79 Å². The van der Waals surface area contributed by atoms with Gasteiger partial charge in [-0.25, -0.2) is 0 Å². The molecular formula is C9H19N3O2S. The maximum atomic E-state index is 11.8. The Morgan fingerprint density at radius 3 is 2.53 bits per heavy atom. The van der Waals surface area contributed by atoms with Gasteiger partial charge < -0.3 is 15.8 Å². The Morgan fingerprint density at radius 2 is 2.13 bits per heavy atom. The molecule has 0 saturated heterocycles. The van der Waals surface area contributed by atoms with Gasteiger partial charge in [-0.05, 0) is 20.1 Å². The number of rotatable bonds is 5. The van der Waals surface area contributed by atoms with E-state index < -0.39 is 5.92 Å². The molecule has 0 bridgehead atoms. The molecule has 0 saturated carbocycles. The first-order valence-electron chi connectivity index (χ1n) is 4.68. The van der Waals surface area contributed by atoms with Crippen molar-refractivity contribution in [2.45, 2.75) is 19.9 Å². The van der Waals surface area contributed by atoms with Crippen LogP contribution < -0.4 is 5.73 Å². The van der Waals surface area contributed by atoms with Gasteiger partial charge in [0.25, 0.3) is 0 Å². The molecule has 2 unspecified atom stereocenters. The first-order valence-corrected chi connectivity index (χ1v) is 6.08. The highest BCUT2D eigenvalue weighted by atomic mass is 32.2. The molecule has 0 fully saturated rings. The molecule has 0 aliphatic rings. The van der Waals surface area contributed by atoms with Crippen LogP contribution in [0.2, 0.25) is 0 Å². The molecule has 88 valence electrons. The smallest absolute Gasteiger partial charge is 0.233 e. The van der Waals surface area contributed by atoms with Gasteiger partial charge >= 0.3 is 0 Å². The number of hydrogen-bond donors (Lipinski definition) is 2. The number of nitrogens with two attached hydrogens (primary N) is 1. The molecule has 0 aromatic carbocycles. The third-order valence-electron chi connectivity index (χ3n) is 2.35. The normalized spacial score (nSPS) is 15.9. The van der Waals surface area contributed by atoms with Crippen molar-refractivity contribution in [3.8, 4) is 0 Å². The maximum Gasteiger partial charge on any atom is 0.233 e. The Bertz CT molecular complexity index is 246. The number of oxime groups is 1. The van der Waals surface area contributed by atoms with E-state index in [0.717, 1.165) is 5.75 Å². The molecular weight excluding hydrogens is 214 g/mol. The molecule has 15 heavy (non-hydrogen) atoms. The summed E-state index contributed by atoms with van der Waals surface area (Å²) in [5.41, 5.74) is 5.38. The zero-order chi connectivity index (χ0) is 12.0. The second kappa shape index (κ2) is 6.55. The molecule has 6 heteroatoms. The summed E-state index contributed by atoms with van der Waals surface area (Å²) in [6, 6.07) is 0.140. The van der Waals surface area contributed by atoms with Crippen LogP contribution in [0.3, 0.4) is 0 Å². The van der Waals surface area contributed by atoms with E-state index in [0.29, 0.717) is 0 Å². The molecule has 0 aromatic heterocycles. The van der Waals surface area contributed by atoms with E-state index in [1.54, 1.807) is 30.6 Å². The number of amides is 1. The average molecular weight is 233 g/mol. The molecule has 2 atom stereocenters. The van der Waals surface area contributed by atoms with Crippen LogP contribution in [0.4, 0.5) is 0 Å². The van der Waals surface area contributed by atoms with Gasteiger partial charge in [0.1, 0.15) is 0 Å². The third kappa shape index (κ3) is 3.99. The van der Waals surface area contributed by atoms with Gasteiger partial charge in [-0.3, -0.25) is 4.79 Å². The van der Waals surface area contributed by atoms with Gasteiger partial charge in [-0.1, -0.05) is 5.16 Å². The highest BCUT2D eigenvalue weighted by molar-refractivity contribution is 7.98. The van der Waals surface area contributed by atoms with Crippen LogP contribution in [0.1, 0.15) is 13.8 Å². The van der Waals surface area contributed by atoms with Crippen LogP contribution in [0.15, 0.2) is 5.16 Å². The SMILES string of the molecule is CSCC(C)N(C)C(=O)C(C)C(N)=NO. The highest BCUT2D eigenvalue weighted by Gasteiger charge is 2.24. The van der Waals surface area contributed by atoms with Crippen molar-refractivity contribution in [3.63, 3.8) is 0 Å². The van der Waals surface area contributed by atoms with Crippen molar-refractivity contribution in [1.82, 2.24) is 4.90 Å². The number of carbonyl (C=O) groups excluding carboxylic acids is 1. The molecule has 0 aromatic rings. The molecule has 0 radical (unpaired) electrons. The second-order valence-corrected chi connectivity index (χ2v) is 4.41. The number of carbonyl (C=O) groups is 1. The lowest BCUT2D eigenvalue weighted by atomic mass is 10.1. The van der Waals surface area contributed by atoms with E-state index in [4.69, 9.17) is 10.9 Å². The van der Waals surface area contributed by atoms with Crippen LogP contribution in [0.25, 0.3) is 0 Å². The van der Waals surface area contributed by atoms with Crippen molar-refractivity contribution >= 4 is 23.5 Å².